The monoisotopic (exact) mass is 400 g/mol. The molecular formula is C18H13ClN4O5. The largest absolute Gasteiger partial charge is 0.454 e. The number of aromatic nitrogens is 2. The van der Waals surface area contributed by atoms with Crippen molar-refractivity contribution in [2.45, 2.75) is 6.92 Å². The third kappa shape index (κ3) is 3.47. The molecule has 3 aromatic rings. The number of rotatable bonds is 5. The maximum Gasteiger partial charge on any atom is 0.373 e. The van der Waals surface area contributed by atoms with E-state index >= 15 is 0 Å². The van der Waals surface area contributed by atoms with Crippen LogP contribution in [-0.2, 0) is 0 Å². The number of anilines is 2. The highest BCUT2D eigenvalue weighted by atomic mass is 35.5. The van der Waals surface area contributed by atoms with Crippen molar-refractivity contribution in [3.05, 3.63) is 63.4 Å². The first kappa shape index (κ1) is 17.8. The molecule has 142 valence electrons. The Kier molecular flexibility index (Phi) is 4.58. The Bertz CT molecular complexity index is 1080. The van der Waals surface area contributed by atoms with Gasteiger partial charge in [-0.25, -0.2) is 4.98 Å². The second kappa shape index (κ2) is 7.20. The van der Waals surface area contributed by atoms with Gasteiger partial charge in [-0.1, -0.05) is 11.6 Å². The van der Waals surface area contributed by atoms with Crippen LogP contribution >= 0.6 is 11.6 Å². The number of nitro groups is 1. The van der Waals surface area contributed by atoms with Crippen LogP contribution in [0.4, 0.5) is 17.2 Å². The van der Waals surface area contributed by atoms with Crippen molar-refractivity contribution in [3.8, 4) is 23.1 Å². The van der Waals surface area contributed by atoms with E-state index in [1.54, 1.807) is 43.3 Å². The standard InChI is InChI=1S/C18H13ClN4O5/c1-10-6-12(3-4-13(10)19)28-18-16(23(24)25)17(20-8-21-18)22-11-2-5-14-15(7-11)27-9-26-14/h2-8H,9H2,1H3,(H,20,21,22). The summed E-state index contributed by atoms with van der Waals surface area (Å²) in [5, 5.41) is 15.1. The first-order valence-electron chi connectivity index (χ1n) is 8.11. The van der Waals surface area contributed by atoms with Crippen molar-refractivity contribution in [3.63, 3.8) is 0 Å². The Hall–Kier alpha value is -3.59. The number of hydrogen-bond acceptors (Lipinski definition) is 8. The van der Waals surface area contributed by atoms with E-state index < -0.39 is 10.6 Å². The maximum absolute atomic E-state index is 11.7. The molecule has 1 aromatic heterocycles. The van der Waals surface area contributed by atoms with Gasteiger partial charge in [0.1, 0.15) is 12.1 Å². The van der Waals surface area contributed by atoms with Gasteiger partial charge in [0.25, 0.3) is 0 Å². The highest BCUT2D eigenvalue weighted by Crippen LogP contribution is 2.38. The van der Waals surface area contributed by atoms with Crippen LogP contribution in [0.3, 0.4) is 0 Å². The van der Waals surface area contributed by atoms with E-state index in [9.17, 15) is 10.1 Å². The SMILES string of the molecule is Cc1cc(Oc2ncnc(Nc3ccc4c(c3)OCO4)c2[N+](=O)[O-])ccc1Cl. The Morgan fingerprint density at radius 3 is 2.79 bits per heavy atom. The number of aryl methyl sites for hydroxylation is 1. The summed E-state index contributed by atoms with van der Waals surface area (Å²) >= 11 is 6.00. The average Bonchev–Trinajstić information content (AvgIpc) is 3.12. The number of benzene rings is 2. The Labute approximate surface area is 164 Å². The molecule has 0 fully saturated rings. The van der Waals surface area contributed by atoms with Crippen LogP contribution < -0.4 is 19.5 Å². The molecule has 28 heavy (non-hydrogen) atoms. The smallest absolute Gasteiger partial charge is 0.373 e. The Morgan fingerprint density at radius 2 is 2.00 bits per heavy atom. The van der Waals surface area contributed by atoms with E-state index in [2.05, 4.69) is 15.3 Å². The molecule has 9 nitrogen and oxygen atoms in total. The second-order valence-corrected chi connectivity index (χ2v) is 6.25. The van der Waals surface area contributed by atoms with Crippen LogP contribution in [0, 0.1) is 17.0 Å². The molecule has 10 heteroatoms. The summed E-state index contributed by atoms with van der Waals surface area (Å²) in [5.41, 5.74) is 0.918. The molecular weight excluding hydrogens is 388 g/mol. The highest BCUT2D eigenvalue weighted by molar-refractivity contribution is 6.31. The van der Waals surface area contributed by atoms with Gasteiger partial charge in [-0.15, -0.1) is 0 Å². The first-order valence-corrected chi connectivity index (χ1v) is 8.49. The molecule has 2 aromatic carbocycles. The number of fused-ring (bicyclic) bond motifs is 1. The van der Waals surface area contributed by atoms with Crippen molar-refractivity contribution >= 4 is 28.8 Å². The van der Waals surface area contributed by atoms with E-state index in [-0.39, 0.29) is 18.5 Å². The lowest BCUT2D eigenvalue weighted by molar-refractivity contribution is -0.385. The number of halogens is 1. The van der Waals surface area contributed by atoms with E-state index in [1.165, 1.54) is 6.33 Å². The van der Waals surface area contributed by atoms with Crippen LogP contribution in [0.2, 0.25) is 5.02 Å². The van der Waals surface area contributed by atoms with Gasteiger partial charge in [0, 0.05) is 16.8 Å². The fourth-order valence-corrected chi connectivity index (χ4v) is 2.71. The first-order chi connectivity index (χ1) is 13.5. The Balaban J connectivity index is 1.67. The topological polar surface area (TPSA) is 109 Å². The van der Waals surface area contributed by atoms with Gasteiger partial charge in [-0.2, -0.15) is 4.98 Å². The maximum atomic E-state index is 11.7. The molecule has 1 N–H and O–H groups in total. The second-order valence-electron chi connectivity index (χ2n) is 5.84. The number of hydrogen-bond donors (Lipinski definition) is 1. The van der Waals surface area contributed by atoms with Gasteiger partial charge in [0.05, 0.1) is 4.92 Å². The molecule has 0 radical (unpaired) electrons. The zero-order valence-corrected chi connectivity index (χ0v) is 15.3. The molecule has 0 atom stereocenters. The van der Waals surface area contributed by atoms with Crippen LogP contribution in [0.1, 0.15) is 5.56 Å². The zero-order chi connectivity index (χ0) is 19.7. The molecule has 0 amide bonds. The summed E-state index contributed by atoms with van der Waals surface area (Å²) in [6, 6.07) is 9.97. The predicted molar refractivity (Wildman–Crippen MR) is 101 cm³/mol. The van der Waals surface area contributed by atoms with Gasteiger partial charge < -0.3 is 19.5 Å². The lowest BCUT2D eigenvalue weighted by Gasteiger charge is -2.10. The van der Waals surface area contributed by atoms with Crippen LogP contribution in [0.25, 0.3) is 0 Å². The molecule has 0 saturated carbocycles. The normalized spacial score (nSPS) is 11.9. The predicted octanol–water partition coefficient (Wildman–Crippen LogP) is 4.61. The lowest BCUT2D eigenvalue weighted by Crippen LogP contribution is -2.03. The average molecular weight is 401 g/mol. The number of ether oxygens (including phenoxy) is 3. The van der Waals surface area contributed by atoms with E-state index in [0.717, 1.165) is 5.56 Å². The zero-order valence-electron chi connectivity index (χ0n) is 14.5. The van der Waals surface area contributed by atoms with Gasteiger partial charge in [-0.3, -0.25) is 10.1 Å². The van der Waals surface area contributed by atoms with Crippen LogP contribution in [0.5, 0.6) is 23.1 Å². The van der Waals surface area contributed by atoms with Gasteiger partial charge in [0.15, 0.2) is 11.5 Å². The third-order valence-corrected chi connectivity index (χ3v) is 4.37. The van der Waals surface area contributed by atoms with Gasteiger partial charge in [0.2, 0.25) is 12.6 Å². The molecule has 0 aliphatic carbocycles. The molecule has 0 unspecified atom stereocenters. The molecule has 4 rings (SSSR count). The highest BCUT2D eigenvalue weighted by Gasteiger charge is 2.26. The fourth-order valence-electron chi connectivity index (χ4n) is 2.60. The summed E-state index contributed by atoms with van der Waals surface area (Å²) in [4.78, 5) is 19.0. The molecule has 1 aliphatic heterocycles. The van der Waals surface area contributed by atoms with E-state index in [4.69, 9.17) is 25.8 Å². The summed E-state index contributed by atoms with van der Waals surface area (Å²) in [5.74, 6) is 1.31. The Morgan fingerprint density at radius 1 is 1.18 bits per heavy atom. The number of nitrogens with one attached hydrogen (secondary N) is 1. The molecule has 1 aliphatic rings. The summed E-state index contributed by atoms with van der Waals surface area (Å²) in [6.07, 6.45) is 1.18. The molecule has 0 spiro atoms. The van der Waals surface area contributed by atoms with Crippen molar-refractivity contribution in [1.29, 1.82) is 0 Å². The van der Waals surface area contributed by atoms with E-state index in [0.29, 0.717) is 28.0 Å². The lowest BCUT2D eigenvalue weighted by atomic mass is 10.2. The minimum absolute atomic E-state index is 0.0143. The van der Waals surface area contributed by atoms with Crippen molar-refractivity contribution in [2.24, 2.45) is 0 Å². The molecule has 2 heterocycles. The minimum Gasteiger partial charge on any atom is -0.454 e. The van der Waals surface area contributed by atoms with Crippen molar-refractivity contribution in [2.75, 3.05) is 12.1 Å². The summed E-state index contributed by atoms with van der Waals surface area (Å²) in [7, 11) is 0. The van der Waals surface area contributed by atoms with Crippen LogP contribution in [-0.4, -0.2) is 21.7 Å². The molecule has 0 bridgehead atoms. The van der Waals surface area contributed by atoms with Gasteiger partial charge in [-0.05, 0) is 42.8 Å². The van der Waals surface area contributed by atoms with Crippen molar-refractivity contribution < 1.29 is 19.1 Å². The summed E-state index contributed by atoms with van der Waals surface area (Å²) in [6.45, 7) is 1.93. The van der Waals surface area contributed by atoms with Crippen molar-refractivity contribution in [1.82, 2.24) is 9.97 Å². The third-order valence-electron chi connectivity index (χ3n) is 3.95. The fraction of sp³-hybridized carbons (Fsp3) is 0.111. The minimum atomic E-state index is -0.604. The van der Waals surface area contributed by atoms with E-state index in [1.807, 2.05) is 0 Å². The molecule has 0 saturated heterocycles. The van der Waals surface area contributed by atoms with Crippen LogP contribution in [0.15, 0.2) is 42.7 Å². The summed E-state index contributed by atoms with van der Waals surface area (Å²) < 4.78 is 16.2. The van der Waals surface area contributed by atoms with Gasteiger partial charge >= 0.3 is 11.6 Å². The number of nitrogens with zero attached hydrogens (tertiary/aromatic N) is 3. The quantitative estimate of drug-likeness (QED) is 0.488.